The van der Waals surface area contributed by atoms with Gasteiger partial charge in [-0.15, -0.1) is 0 Å². The molecule has 17 heavy (non-hydrogen) atoms. The maximum Gasteiger partial charge on any atom is 0.338 e. The number of hydrogen-bond acceptors (Lipinski definition) is 5. The number of non-ortho nitro benzene ring substituents is 1. The molecule has 0 saturated carbocycles. The van der Waals surface area contributed by atoms with Crippen molar-refractivity contribution in [2.45, 2.75) is 6.54 Å². The first-order chi connectivity index (χ1) is 8.08. The highest BCUT2D eigenvalue weighted by Crippen LogP contribution is 2.18. The lowest BCUT2D eigenvalue weighted by molar-refractivity contribution is -0.384. The number of nitro groups is 1. The molecular weight excluding hydrogens is 228 g/mol. The van der Waals surface area contributed by atoms with Gasteiger partial charge in [0.15, 0.2) is 0 Å². The van der Waals surface area contributed by atoms with Gasteiger partial charge in [0.2, 0.25) is 0 Å². The SMILES string of the molecule is COC(=O)c1cc(CN=[N+]=[N-])cc([N+](=O)[O-])c1. The molecule has 8 heteroatoms. The van der Waals surface area contributed by atoms with Crippen molar-refractivity contribution in [1.82, 2.24) is 0 Å². The number of azide groups is 1. The lowest BCUT2D eigenvalue weighted by Gasteiger charge is -2.02. The van der Waals surface area contributed by atoms with E-state index in [1.165, 1.54) is 19.2 Å². The number of methoxy groups -OCH3 is 1. The van der Waals surface area contributed by atoms with E-state index in [9.17, 15) is 14.9 Å². The molecule has 0 saturated heterocycles. The molecule has 0 radical (unpaired) electrons. The summed E-state index contributed by atoms with van der Waals surface area (Å²) in [4.78, 5) is 23.8. The zero-order valence-electron chi connectivity index (χ0n) is 8.86. The van der Waals surface area contributed by atoms with Crippen molar-refractivity contribution < 1.29 is 14.5 Å². The van der Waals surface area contributed by atoms with Crippen LogP contribution in [0.3, 0.4) is 0 Å². The van der Waals surface area contributed by atoms with Crippen LogP contribution in [0.15, 0.2) is 23.3 Å². The van der Waals surface area contributed by atoms with Crippen molar-refractivity contribution >= 4 is 11.7 Å². The molecule has 0 aromatic heterocycles. The molecule has 0 amide bonds. The van der Waals surface area contributed by atoms with E-state index in [0.29, 0.717) is 5.56 Å². The largest absolute Gasteiger partial charge is 0.465 e. The zero-order valence-corrected chi connectivity index (χ0v) is 8.86. The van der Waals surface area contributed by atoms with E-state index in [2.05, 4.69) is 14.8 Å². The predicted octanol–water partition coefficient (Wildman–Crippen LogP) is 2.19. The maximum atomic E-state index is 11.3. The van der Waals surface area contributed by atoms with E-state index in [0.717, 1.165) is 6.07 Å². The minimum absolute atomic E-state index is 0.0461. The summed E-state index contributed by atoms with van der Waals surface area (Å²) in [7, 11) is 1.17. The second-order valence-corrected chi connectivity index (χ2v) is 3.03. The number of nitrogens with zero attached hydrogens (tertiary/aromatic N) is 4. The normalized spacial score (nSPS) is 9.24. The van der Waals surface area contributed by atoms with Gasteiger partial charge in [-0.25, -0.2) is 4.79 Å². The highest BCUT2D eigenvalue weighted by molar-refractivity contribution is 5.90. The fraction of sp³-hybridized carbons (Fsp3) is 0.222. The molecule has 0 spiro atoms. The van der Waals surface area contributed by atoms with Gasteiger partial charge in [0.25, 0.3) is 5.69 Å². The molecule has 1 rings (SSSR count). The van der Waals surface area contributed by atoms with Crippen LogP contribution < -0.4 is 0 Å². The van der Waals surface area contributed by atoms with Gasteiger partial charge in [-0.1, -0.05) is 5.11 Å². The van der Waals surface area contributed by atoms with Crippen LogP contribution >= 0.6 is 0 Å². The minimum Gasteiger partial charge on any atom is -0.465 e. The van der Waals surface area contributed by atoms with E-state index >= 15 is 0 Å². The second kappa shape index (κ2) is 5.47. The Morgan fingerprint density at radius 1 is 1.59 bits per heavy atom. The van der Waals surface area contributed by atoms with Gasteiger partial charge in [0.05, 0.1) is 24.1 Å². The average molecular weight is 236 g/mol. The Morgan fingerprint density at radius 2 is 2.29 bits per heavy atom. The first kappa shape index (κ1) is 12.5. The highest BCUT2D eigenvalue weighted by Gasteiger charge is 2.14. The van der Waals surface area contributed by atoms with E-state index in [4.69, 9.17) is 5.53 Å². The lowest BCUT2D eigenvalue weighted by atomic mass is 10.1. The molecule has 0 aliphatic heterocycles. The molecule has 0 fully saturated rings. The Labute approximate surface area is 95.6 Å². The summed E-state index contributed by atoms with van der Waals surface area (Å²) >= 11 is 0. The van der Waals surface area contributed by atoms with E-state index in [1.807, 2.05) is 0 Å². The van der Waals surface area contributed by atoms with Crippen LogP contribution in [0.1, 0.15) is 15.9 Å². The summed E-state index contributed by atoms with van der Waals surface area (Å²) in [5.74, 6) is -0.684. The van der Waals surface area contributed by atoms with Crippen molar-refractivity contribution in [2.75, 3.05) is 7.11 Å². The number of carbonyl (C=O) groups excluding carboxylic acids is 1. The predicted molar refractivity (Wildman–Crippen MR) is 57.3 cm³/mol. The quantitative estimate of drug-likeness (QED) is 0.199. The summed E-state index contributed by atoms with van der Waals surface area (Å²) in [6, 6.07) is 3.72. The van der Waals surface area contributed by atoms with E-state index < -0.39 is 10.9 Å². The van der Waals surface area contributed by atoms with Gasteiger partial charge in [0.1, 0.15) is 0 Å². The van der Waals surface area contributed by atoms with Gasteiger partial charge >= 0.3 is 5.97 Å². The van der Waals surface area contributed by atoms with Crippen molar-refractivity contribution in [3.63, 3.8) is 0 Å². The fourth-order valence-electron chi connectivity index (χ4n) is 1.22. The van der Waals surface area contributed by atoms with Gasteiger partial charge < -0.3 is 4.74 Å². The maximum absolute atomic E-state index is 11.3. The van der Waals surface area contributed by atoms with Crippen LogP contribution in [0.25, 0.3) is 10.4 Å². The molecule has 0 aliphatic rings. The van der Waals surface area contributed by atoms with Crippen LogP contribution in [0.2, 0.25) is 0 Å². The number of hydrogen-bond donors (Lipinski definition) is 0. The van der Waals surface area contributed by atoms with Gasteiger partial charge in [-0.3, -0.25) is 10.1 Å². The third-order valence-corrected chi connectivity index (χ3v) is 1.93. The first-order valence-corrected chi connectivity index (χ1v) is 4.46. The zero-order chi connectivity index (χ0) is 12.8. The van der Waals surface area contributed by atoms with Crippen LogP contribution in [0.5, 0.6) is 0 Å². The van der Waals surface area contributed by atoms with Crippen LogP contribution in [-0.2, 0) is 11.3 Å². The molecular formula is C9H8N4O4. The molecule has 0 heterocycles. The topological polar surface area (TPSA) is 118 Å². The van der Waals surface area contributed by atoms with Crippen molar-refractivity contribution in [3.8, 4) is 0 Å². The number of nitro benzene ring substituents is 1. The summed E-state index contributed by atoms with van der Waals surface area (Å²) in [5.41, 5.74) is 8.33. The summed E-state index contributed by atoms with van der Waals surface area (Å²) in [5, 5.41) is 13.9. The Morgan fingerprint density at radius 3 is 2.82 bits per heavy atom. The minimum atomic E-state index is -0.684. The van der Waals surface area contributed by atoms with Crippen LogP contribution in [0.4, 0.5) is 5.69 Å². The molecule has 0 N–H and O–H groups in total. The standard InChI is InChI=1S/C9H8N4O4/c1-17-9(14)7-2-6(5-11-12-10)3-8(4-7)13(15)16/h2-4H,5H2,1H3. The molecule has 0 aliphatic carbocycles. The summed E-state index contributed by atoms with van der Waals surface area (Å²) < 4.78 is 4.47. The van der Waals surface area contributed by atoms with Gasteiger partial charge in [0, 0.05) is 17.0 Å². The fourth-order valence-corrected chi connectivity index (χ4v) is 1.22. The third-order valence-electron chi connectivity index (χ3n) is 1.93. The second-order valence-electron chi connectivity index (χ2n) is 3.03. The van der Waals surface area contributed by atoms with Crippen molar-refractivity contribution in [3.05, 3.63) is 49.9 Å². The van der Waals surface area contributed by atoms with Crippen molar-refractivity contribution in [1.29, 1.82) is 0 Å². The number of ether oxygens (including phenoxy) is 1. The smallest absolute Gasteiger partial charge is 0.338 e. The monoisotopic (exact) mass is 236 g/mol. The highest BCUT2D eigenvalue weighted by atomic mass is 16.6. The van der Waals surface area contributed by atoms with Gasteiger partial charge in [-0.2, -0.15) is 0 Å². The molecule has 8 nitrogen and oxygen atoms in total. The Bertz CT molecular complexity index is 508. The average Bonchev–Trinajstić information content (AvgIpc) is 2.34. The third kappa shape index (κ3) is 3.18. The van der Waals surface area contributed by atoms with E-state index in [1.54, 1.807) is 0 Å². The van der Waals surface area contributed by atoms with Crippen molar-refractivity contribution in [2.24, 2.45) is 5.11 Å². The molecule has 0 atom stereocenters. The van der Waals surface area contributed by atoms with E-state index in [-0.39, 0.29) is 17.8 Å². The summed E-state index contributed by atoms with van der Waals surface area (Å²) in [6.07, 6.45) is 0. The summed E-state index contributed by atoms with van der Waals surface area (Å²) in [6.45, 7) is -0.0673. The number of esters is 1. The van der Waals surface area contributed by atoms with Gasteiger partial charge in [-0.05, 0) is 17.2 Å². The van der Waals surface area contributed by atoms with Crippen LogP contribution in [-0.4, -0.2) is 18.0 Å². The molecule has 0 unspecified atom stereocenters. The number of rotatable bonds is 4. The molecule has 88 valence electrons. The Hall–Kier alpha value is -2.60. The molecule has 0 bridgehead atoms. The number of benzene rings is 1. The Kier molecular flexibility index (Phi) is 4.02. The lowest BCUT2D eigenvalue weighted by Crippen LogP contribution is -2.03. The molecule has 1 aromatic carbocycles. The Balaban J connectivity index is 3.22. The number of carbonyl (C=O) groups is 1. The molecule has 1 aromatic rings. The first-order valence-electron chi connectivity index (χ1n) is 4.46. The van der Waals surface area contributed by atoms with Crippen LogP contribution in [0, 0.1) is 10.1 Å².